The minimum atomic E-state index is -0.155. The number of allylic oxidation sites excluding steroid dienone is 1. The molecular weight excluding hydrogens is 164 g/mol. The van der Waals surface area contributed by atoms with Gasteiger partial charge in [-0.3, -0.25) is 4.79 Å². The van der Waals surface area contributed by atoms with E-state index in [0.29, 0.717) is 5.76 Å². The lowest BCUT2D eigenvalue weighted by atomic mass is 10.0. The van der Waals surface area contributed by atoms with Crippen LogP contribution in [0.4, 0.5) is 0 Å². The first-order chi connectivity index (χ1) is 6.02. The standard InChI is InChI=1S/C11H18O2/c1-5-11(6-7-11)10(12)13-9(4)8(2)3/h8H,4-7H2,1-3H3. The molecule has 1 aliphatic rings. The maximum absolute atomic E-state index is 11.6. The molecule has 1 fully saturated rings. The number of ether oxygens (including phenoxy) is 1. The number of hydrogen-bond donors (Lipinski definition) is 0. The third kappa shape index (κ3) is 2.11. The van der Waals surface area contributed by atoms with Crippen LogP contribution in [0.1, 0.15) is 40.0 Å². The van der Waals surface area contributed by atoms with Crippen molar-refractivity contribution in [3.8, 4) is 0 Å². The molecule has 0 aliphatic heterocycles. The van der Waals surface area contributed by atoms with Crippen LogP contribution in [0.15, 0.2) is 12.3 Å². The Hall–Kier alpha value is -0.790. The molecule has 0 radical (unpaired) electrons. The molecule has 2 heteroatoms. The Bertz CT molecular complexity index is 224. The Labute approximate surface area is 80.0 Å². The molecular formula is C11H18O2. The van der Waals surface area contributed by atoms with Gasteiger partial charge in [0.1, 0.15) is 5.76 Å². The largest absolute Gasteiger partial charge is 0.431 e. The SMILES string of the molecule is C=C(OC(=O)C1(CC)CC1)C(C)C. The van der Waals surface area contributed by atoms with Crippen molar-refractivity contribution in [1.29, 1.82) is 0 Å². The fourth-order valence-corrected chi connectivity index (χ4v) is 1.20. The van der Waals surface area contributed by atoms with E-state index in [2.05, 4.69) is 6.58 Å². The maximum atomic E-state index is 11.6. The molecule has 0 atom stereocenters. The molecule has 74 valence electrons. The molecule has 0 aromatic carbocycles. The van der Waals surface area contributed by atoms with E-state index < -0.39 is 0 Å². The minimum absolute atomic E-state index is 0.0753. The zero-order valence-electron chi connectivity index (χ0n) is 8.72. The van der Waals surface area contributed by atoms with Gasteiger partial charge in [-0.05, 0) is 19.3 Å². The molecule has 0 amide bonds. The van der Waals surface area contributed by atoms with Crippen molar-refractivity contribution in [3.63, 3.8) is 0 Å². The summed E-state index contributed by atoms with van der Waals surface area (Å²) in [5.41, 5.74) is -0.155. The lowest BCUT2D eigenvalue weighted by Crippen LogP contribution is -2.19. The highest BCUT2D eigenvalue weighted by Gasteiger charge is 2.49. The summed E-state index contributed by atoms with van der Waals surface area (Å²) in [6, 6.07) is 0. The molecule has 0 aromatic rings. The van der Waals surface area contributed by atoms with Gasteiger partial charge in [0.15, 0.2) is 0 Å². The van der Waals surface area contributed by atoms with Gasteiger partial charge in [0.2, 0.25) is 0 Å². The van der Waals surface area contributed by atoms with Crippen molar-refractivity contribution in [2.24, 2.45) is 11.3 Å². The van der Waals surface area contributed by atoms with E-state index in [0.717, 1.165) is 19.3 Å². The summed E-state index contributed by atoms with van der Waals surface area (Å²) in [4.78, 5) is 11.6. The predicted molar refractivity (Wildman–Crippen MR) is 52.0 cm³/mol. The molecule has 13 heavy (non-hydrogen) atoms. The molecule has 0 spiro atoms. The fourth-order valence-electron chi connectivity index (χ4n) is 1.20. The minimum Gasteiger partial charge on any atom is -0.431 e. The Kier molecular flexibility index (Phi) is 2.79. The predicted octanol–water partition coefficient (Wildman–Crippen LogP) is 2.89. The summed E-state index contributed by atoms with van der Waals surface area (Å²) >= 11 is 0. The Morgan fingerprint density at radius 1 is 1.54 bits per heavy atom. The van der Waals surface area contributed by atoms with Crippen LogP contribution in [0.2, 0.25) is 0 Å². The molecule has 1 saturated carbocycles. The molecule has 0 aromatic heterocycles. The van der Waals surface area contributed by atoms with Crippen LogP contribution < -0.4 is 0 Å². The lowest BCUT2D eigenvalue weighted by molar-refractivity contribution is -0.146. The van der Waals surface area contributed by atoms with E-state index >= 15 is 0 Å². The van der Waals surface area contributed by atoms with E-state index in [1.165, 1.54) is 0 Å². The molecule has 0 N–H and O–H groups in total. The first-order valence-corrected chi connectivity index (χ1v) is 4.93. The first-order valence-electron chi connectivity index (χ1n) is 4.93. The van der Waals surface area contributed by atoms with Crippen molar-refractivity contribution in [1.82, 2.24) is 0 Å². The number of rotatable bonds is 4. The summed E-state index contributed by atoms with van der Waals surface area (Å²) < 4.78 is 5.20. The average Bonchev–Trinajstić information content (AvgIpc) is 2.84. The van der Waals surface area contributed by atoms with Crippen molar-refractivity contribution in [3.05, 3.63) is 12.3 Å². The van der Waals surface area contributed by atoms with E-state index in [1.807, 2.05) is 20.8 Å². The van der Waals surface area contributed by atoms with Gasteiger partial charge in [-0.15, -0.1) is 0 Å². The van der Waals surface area contributed by atoms with Crippen LogP contribution in [0.25, 0.3) is 0 Å². The van der Waals surface area contributed by atoms with Crippen LogP contribution in [0.3, 0.4) is 0 Å². The van der Waals surface area contributed by atoms with Crippen molar-refractivity contribution < 1.29 is 9.53 Å². The summed E-state index contributed by atoms with van der Waals surface area (Å²) in [7, 11) is 0. The highest BCUT2D eigenvalue weighted by atomic mass is 16.5. The zero-order chi connectivity index (χ0) is 10.1. The monoisotopic (exact) mass is 182 g/mol. The molecule has 0 unspecified atom stereocenters. The van der Waals surface area contributed by atoms with Crippen molar-refractivity contribution in [2.45, 2.75) is 40.0 Å². The second-order valence-electron chi connectivity index (χ2n) is 4.14. The van der Waals surface area contributed by atoms with E-state index in [-0.39, 0.29) is 17.3 Å². The number of hydrogen-bond acceptors (Lipinski definition) is 2. The van der Waals surface area contributed by atoms with E-state index in [1.54, 1.807) is 0 Å². The summed E-state index contributed by atoms with van der Waals surface area (Å²) in [5.74, 6) is 0.732. The van der Waals surface area contributed by atoms with Crippen LogP contribution in [-0.2, 0) is 9.53 Å². The summed E-state index contributed by atoms with van der Waals surface area (Å²) in [6.45, 7) is 9.71. The third-order valence-electron chi connectivity index (χ3n) is 2.83. The second-order valence-corrected chi connectivity index (χ2v) is 4.14. The molecule has 0 bridgehead atoms. The van der Waals surface area contributed by atoms with Crippen LogP contribution >= 0.6 is 0 Å². The fraction of sp³-hybridized carbons (Fsp3) is 0.727. The normalized spacial score (nSPS) is 18.5. The van der Waals surface area contributed by atoms with Gasteiger partial charge in [0.25, 0.3) is 0 Å². The lowest BCUT2D eigenvalue weighted by Gasteiger charge is -2.15. The van der Waals surface area contributed by atoms with E-state index in [4.69, 9.17) is 4.74 Å². The van der Waals surface area contributed by atoms with Gasteiger partial charge >= 0.3 is 5.97 Å². The number of carbonyl (C=O) groups is 1. The van der Waals surface area contributed by atoms with Crippen LogP contribution in [-0.4, -0.2) is 5.97 Å². The van der Waals surface area contributed by atoms with Crippen molar-refractivity contribution in [2.75, 3.05) is 0 Å². The second kappa shape index (κ2) is 3.52. The van der Waals surface area contributed by atoms with Gasteiger partial charge in [0, 0.05) is 5.92 Å². The quantitative estimate of drug-likeness (QED) is 0.493. The molecule has 2 nitrogen and oxygen atoms in total. The van der Waals surface area contributed by atoms with Gasteiger partial charge in [-0.1, -0.05) is 27.4 Å². The Morgan fingerprint density at radius 2 is 2.08 bits per heavy atom. The van der Waals surface area contributed by atoms with Crippen LogP contribution in [0.5, 0.6) is 0 Å². The average molecular weight is 182 g/mol. The topological polar surface area (TPSA) is 26.3 Å². The number of carbonyl (C=O) groups excluding carboxylic acids is 1. The molecule has 0 saturated heterocycles. The zero-order valence-corrected chi connectivity index (χ0v) is 8.72. The number of esters is 1. The first kappa shape index (κ1) is 10.3. The highest BCUT2D eigenvalue weighted by Crippen LogP contribution is 2.50. The van der Waals surface area contributed by atoms with E-state index in [9.17, 15) is 4.79 Å². The maximum Gasteiger partial charge on any atom is 0.317 e. The van der Waals surface area contributed by atoms with Gasteiger partial charge in [-0.2, -0.15) is 0 Å². The Morgan fingerprint density at radius 3 is 2.38 bits per heavy atom. The van der Waals surface area contributed by atoms with Crippen molar-refractivity contribution >= 4 is 5.97 Å². The summed E-state index contributed by atoms with van der Waals surface area (Å²) in [6.07, 6.45) is 2.85. The third-order valence-corrected chi connectivity index (χ3v) is 2.83. The van der Waals surface area contributed by atoms with Crippen LogP contribution in [0, 0.1) is 11.3 Å². The van der Waals surface area contributed by atoms with Gasteiger partial charge in [0.05, 0.1) is 5.41 Å². The Balaban J connectivity index is 2.46. The molecule has 1 rings (SSSR count). The van der Waals surface area contributed by atoms with Gasteiger partial charge in [-0.25, -0.2) is 0 Å². The molecule has 1 aliphatic carbocycles. The molecule has 0 heterocycles. The summed E-state index contributed by atoms with van der Waals surface area (Å²) in [5, 5.41) is 0. The van der Waals surface area contributed by atoms with Gasteiger partial charge < -0.3 is 4.74 Å². The highest BCUT2D eigenvalue weighted by molar-refractivity contribution is 5.80. The smallest absolute Gasteiger partial charge is 0.317 e.